The van der Waals surface area contributed by atoms with E-state index in [1.165, 1.54) is 32.2 Å². The summed E-state index contributed by atoms with van der Waals surface area (Å²) in [5, 5.41) is 2.29. The van der Waals surface area contributed by atoms with Gasteiger partial charge in [0.15, 0.2) is 0 Å². The number of hydrogen-bond donors (Lipinski definition) is 0. The number of ether oxygens (including phenoxy) is 1. The number of fused-ring (bicyclic) bond motifs is 6. The van der Waals surface area contributed by atoms with Crippen LogP contribution in [0.1, 0.15) is 107 Å². The Morgan fingerprint density at radius 1 is 0.679 bits per heavy atom. The van der Waals surface area contributed by atoms with Crippen LogP contribution in [0.15, 0.2) is 79.0 Å². The molecule has 3 heterocycles. The van der Waals surface area contributed by atoms with Gasteiger partial charge in [0.05, 0.1) is 22.1 Å². The smallest absolute Gasteiger partial charge is 0.242 e. The van der Waals surface area contributed by atoms with Crippen molar-refractivity contribution in [3.8, 4) is 23.0 Å². The molecule has 6 heteroatoms. The normalized spacial score (nSPS) is 19.1. The maximum absolute atomic E-state index is 8.08. The Morgan fingerprint density at radius 2 is 1.32 bits per heavy atom. The average molecular weight is 883 g/mol. The van der Waals surface area contributed by atoms with Crippen molar-refractivity contribution in [3.63, 3.8) is 0 Å². The summed E-state index contributed by atoms with van der Waals surface area (Å²) in [6.45, 7) is 16.5. The number of aryl methyl sites for hydroxylation is 1. The first-order chi connectivity index (χ1) is 25.8. The molecule has 4 aromatic carbocycles. The van der Waals surface area contributed by atoms with E-state index in [4.69, 9.17) is 13.8 Å². The summed E-state index contributed by atoms with van der Waals surface area (Å²) in [6.07, 6.45) is 9.67. The number of hydrogen-bond acceptors (Lipinski definition) is 2. The quantitative estimate of drug-likeness (QED) is 0.130. The largest absolute Gasteiger partial charge is 0.510 e. The van der Waals surface area contributed by atoms with Gasteiger partial charge in [-0.15, -0.1) is 29.7 Å². The predicted octanol–water partition coefficient (Wildman–Crippen LogP) is 10.8. The van der Waals surface area contributed by atoms with Crippen LogP contribution in [0.3, 0.4) is 0 Å². The zero-order valence-electron chi connectivity index (χ0n) is 34.8. The summed E-state index contributed by atoms with van der Waals surface area (Å²) in [7, 11) is 0. The molecule has 2 aliphatic rings. The molecular formula is C47H48N4OPt-2. The molecule has 0 atom stereocenters. The Balaban J connectivity index is 0.00000441. The van der Waals surface area contributed by atoms with Crippen molar-refractivity contribution in [3.05, 3.63) is 120 Å². The molecule has 0 saturated heterocycles. The number of para-hydroxylation sites is 2. The zero-order chi connectivity index (χ0) is 38.9. The molecular weight excluding hydrogens is 832 g/mol. The zero-order valence-corrected chi connectivity index (χ0v) is 34.1. The third-order valence-electron chi connectivity index (χ3n) is 12.4. The molecule has 0 fully saturated rings. The van der Waals surface area contributed by atoms with Gasteiger partial charge < -0.3 is 18.4 Å². The van der Waals surface area contributed by atoms with Crippen LogP contribution in [0.2, 0.25) is 0 Å². The summed E-state index contributed by atoms with van der Waals surface area (Å²) in [5.41, 5.74) is 9.60. The van der Waals surface area contributed by atoms with E-state index in [2.05, 4.69) is 109 Å². The van der Waals surface area contributed by atoms with Gasteiger partial charge in [-0.2, -0.15) is 18.2 Å². The van der Waals surface area contributed by atoms with Gasteiger partial charge in [0.1, 0.15) is 5.82 Å². The first-order valence-corrected chi connectivity index (χ1v) is 18.6. The van der Waals surface area contributed by atoms with Crippen LogP contribution in [0.25, 0.3) is 44.3 Å². The molecule has 0 amide bonds. The van der Waals surface area contributed by atoms with Crippen LogP contribution in [-0.2, 0) is 49.7 Å². The fourth-order valence-corrected chi connectivity index (χ4v) is 8.82. The van der Waals surface area contributed by atoms with Crippen LogP contribution < -0.4 is 9.30 Å². The summed E-state index contributed by atoms with van der Waals surface area (Å²) < 4.78 is 36.0. The minimum absolute atomic E-state index is 0. The molecule has 0 saturated carbocycles. The molecule has 7 aromatic rings. The number of pyridine rings is 1. The Kier molecular flexibility index (Phi) is 7.39. The average Bonchev–Trinajstić information content (AvgIpc) is 3.68. The van der Waals surface area contributed by atoms with E-state index >= 15 is 0 Å². The molecule has 274 valence electrons. The third kappa shape index (κ3) is 5.68. The van der Waals surface area contributed by atoms with E-state index in [0.29, 0.717) is 28.2 Å². The predicted molar refractivity (Wildman–Crippen MR) is 210 cm³/mol. The Morgan fingerprint density at radius 3 is 2.04 bits per heavy atom. The van der Waals surface area contributed by atoms with Crippen LogP contribution in [-0.4, -0.2) is 14.1 Å². The van der Waals surface area contributed by atoms with E-state index < -0.39 is 6.98 Å². The molecule has 3 aromatic heterocycles. The Hall–Kier alpha value is -4.21. The second kappa shape index (κ2) is 12.2. The molecule has 0 unspecified atom stereocenters. The topological polar surface area (TPSA) is 35.9 Å². The Bertz CT molecular complexity index is 2700. The van der Waals surface area contributed by atoms with E-state index in [-0.39, 0.29) is 42.7 Å². The van der Waals surface area contributed by atoms with Gasteiger partial charge in [-0.1, -0.05) is 96.9 Å². The number of benzene rings is 4. The van der Waals surface area contributed by atoms with Crippen molar-refractivity contribution in [1.29, 1.82) is 0 Å². The first kappa shape index (κ1) is 32.2. The maximum atomic E-state index is 8.08. The van der Waals surface area contributed by atoms with Crippen molar-refractivity contribution in [1.82, 2.24) is 14.1 Å². The molecule has 0 spiro atoms. The van der Waals surface area contributed by atoms with Crippen molar-refractivity contribution in [2.45, 2.75) is 103 Å². The maximum Gasteiger partial charge on any atom is 0.242 e. The minimum atomic E-state index is -2.38. The van der Waals surface area contributed by atoms with Gasteiger partial charge in [-0.3, -0.25) is 0 Å². The first-order valence-electron chi connectivity index (χ1n) is 20.1. The van der Waals surface area contributed by atoms with Gasteiger partial charge in [-0.25, -0.2) is 4.98 Å². The molecule has 0 bridgehead atoms. The second-order valence-electron chi connectivity index (χ2n) is 17.7. The number of rotatable bonds is 4. The van der Waals surface area contributed by atoms with Gasteiger partial charge >= 0.3 is 0 Å². The summed E-state index contributed by atoms with van der Waals surface area (Å²) in [5.74, 6) is 1.92. The molecule has 2 aliphatic carbocycles. The monoisotopic (exact) mass is 882 g/mol. The number of imidazole rings is 1. The Labute approximate surface area is 332 Å². The van der Waals surface area contributed by atoms with Crippen LogP contribution in [0, 0.1) is 18.5 Å². The second-order valence-corrected chi connectivity index (χ2v) is 17.7. The third-order valence-corrected chi connectivity index (χ3v) is 12.4. The molecule has 5 nitrogen and oxygen atoms in total. The standard InChI is InChI=1S/C47H48N4O.Pt/c1-44(2)19-20-45(3,4)36-26-42-34(25-35(36)44)33-18-17-32(52-31-14-12-13-30(23-31)50-29-49(9)39-15-10-11-16-40(39)50)24-41(33)51(42)43-27-37-38(28-48-43)47(7,8)22-21-46(37,5)6;/h10-18,25-28H,19-22H2,1-9H3;/q-2;/i9D3;. The number of nitrogens with zero attached hydrogens (tertiary/aromatic N) is 4. The van der Waals surface area contributed by atoms with Crippen LogP contribution >= 0.6 is 0 Å². The number of aromatic nitrogens is 4. The molecule has 0 aliphatic heterocycles. The molecule has 0 radical (unpaired) electrons. The molecule has 53 heavy (non-hydrogen) atoms. The SMILES string of the molecule is [2H]C([2H])([2H])[n+]1[c-]n(-c2[c-]c(Oc3[c-]c4c(cc3)c3cc5c(cc3n4-c3cc4c(cn3)C(C)(C)CCC4(C)C)C(C)(C)CCC5(C)C)ccc2)c2ccccc21.[Pt]. The minimum Gasteiger partial charge on any atom is -0.510 e. The van der Waals surface area contributed by atoms with Gasteiger partial charge in [0, 0.05) is 44.3 Å². The van der Waals surface area contributed by atoms with E-state index in [1.54, 1.807) is 10.6 Å². The summed E-state index contributed by atoms with van der Waals surface area (Å²) in [4.78, 5) is 5.22. The summed E-state index contributed by atoms with van der Waals surface area (Å²) >= 11 is 0. The molecule has 9 rings (SSSR count). The summed E-state index contributed by atoms with van der Waals surface area (Å²) in [6, 6.07) is 31.4. The van der Waals surface area contributed by atoms with Crippen LogP contribution in [0.4, 0.5) is 0 Å². The van der Waals surface area contributed by atoms with Gasteiger partial charge in [-0.05, 0) is 87.1 Å². The fourth-order valence-electron chi connectivity index (χ4n) is 8.82. The van der Waals surface area contributed by atoms with Gasteiger partial charge in [0.2, 0.25) is 6.33 Å². The van der Waals surface area contributed by atoms with Crippen molar-refractivity contribution in [2.24, 2.45) is 6.98 Å². The molecule has 0 N–H and O–H groups in total. The van der Waals surface area contributed by atoms with Crippen molar-refractivity contribution >= 4 is 32.8 Å². The van der Waals surface area contributed by atoms with E-state index in [0.717, 1.165) is 47.9 Å². The van der Waals surface area contributed by atoms with Crippen LogP contribution in [0.5, 0.6) is 11.5 Å². The van der Waals surface area contributed by atoms with Crippen molar-refractivity contribution < 1.29 is 34.5 Å². The van der Waals surface area contributed by atoms with E-state index in [1.807, 2.05) is 42.5 Å². The fraction of sp³-hybridized carbons (Fsp3) is 0.362. The van der Waals surface area contributed by atoms with E-state index in [9.17, 15) is 0 Å². The van der Waals surface area contributed by atoms with Crippen molar-refractivity contribution in [2.75, 3.05) is 0 Å². The van der Waals surface area contributed by atoms with Gasteiger partial charge in [0.25, 0.3) is 0 Å².